The molecule has 0 aliphatic carbocycles. The predicted molar refractivity (Wildman–Crippen MR) is 139 cm³/mol. The van der Waals surface area contributed by atoms with Gasteiger partial charge in [0.15, 0.2) is 0 Å². The number of carboxylic acid groups (broad SMARTS) is 2. The molecule has 0 rings (SSSR count). The Hall–Kier alpha value is -1.18. The topological polar surface area (TPSA) is 204 Å². The molecule has 0 radical (unpaired) electrons. The molecule has 4 atom stereocenters. The van der Waals surface area contributed by atoms with Crippen LogP contribution in [-0.2, 0) is 19.2 Å². The molecule has 0 aliphatic rings. The quantitative estimate of drug-likeness (QED) is 0.0559. The average Bonchev–Trinajstić information content (AvgIpc) is 2.78. The minimum Gasteiger partial charge on any atom is -0.862 e. The fourth-order valence-corrected chi connectivity index (χ4v) is 3.52. The van der Waals surface area contributed by atoms with Crippen molar-refractivity contribution in [2.75, 3.05) is 0 Å². The van der Waals surface area contributed by atoms with E-state index in [-0.39, 0.29) is 95.6 Å². The van der Waals surface area contributed by atoms with Crippen LogP contribution in [0.25, 0.3) is 0 Å². The molecule has 0 saturated carbocycles. The van der Waals surface area contributed by atoms with Crippen LogP contribution in [0.4, 0.5) is 0 Å². The van der Waals surface area contributed by atoms with Gasteiger partial charge in [0.25, 0.3) is 0 Å². The third-order valence-corrected chi connectivity index (χ3v) is 5.86. The second-order valence-corrected chi connectivity index (χ2v) is 10.8. The number of carboxylic acids is 2. The van der Waals surface area contributed by atoms with Crippen molar-refractivity contribution in [1.29, 1.82) is 0 Å². The van der Waals surface area contributed by atoms with Crippen molar-refractivity contribution in [1.82, 2.24) is 10.6 Å². The van der Waals surface area contributed by atoms with Gasteiger partial charge in [-0.25, -0.2) is 9.59 Å². The van der Waals surface area contributed by atoms with E-state index in [9.17, 15) is 39.6 Å². The summed E-state index contributed by atoms with van der Waals surface area (Å²) in [4.78, 5) is 55.8. The Morgan fingerprint density at radius 3 is 1.07 bits per heavy atom. The van der Waals surface area contributed by atoms with Crippen molar-refractivity contribution in [2.45, 2.75) is 105 Å². The van der Waals surface area contributed by atoms with Gasteiger partial charge < -0.3 is 31.1 Å². The number of carbonyl (C=O) groups excluding carboxylic acids is 2. The molecule has 218 valence electrons. The monoisotopic (exact) mass is 586 g/mol. The van der Waals surface area contributed by atoms with Crippen molar-refractivity contribution >= 4 is 35.5 Å². The molecule has 2 amide bonds. The fraction of sp³-hybridized carbons (Fsp3) is 0.769. The summed E-state index contributed by atoms with van der Waals surface area (Å²) in [7, 11) is 0. The number of unbranched alkanes of at least 4 members (excludes halogenated alkanes) is 1. The van der Waals surface area contributed by atoms with Crippen molar-refractivity contribution in [3.05, 3.63) is 0 Å². The molecule has 0 aromatic rings. The molecular weight excluding hydrogens is 542 g/mol. The van der Waals surface area contributed by atoms with E-state index in [0.29, 0.717) is 12.8 Å². The summed E-state index contributed by atoms with van der Waals surface area (Å²) in [5.74, 6) is -6.05. The van der Waals surface area contributed by atoms with Gasteiger partial charge in [-0.3, -0.25) is 19.6 Å². The van der Waals surface area contributed by atoms with E-state index in [1.165, 1.54) is 0 Å². The second kappa shape index (κ2) is 21.5. The maximum absolute atomic E-state index is 12.6. The number of hydrogen-bond donors (Lipinski definition) is 4. The summed E-state index contributed by atoms with van der Waals surface area (Å²) in [6, 6.07) is -4.27. The first-order valence-corrected chi connectivity index (χ1v) is 13.0. The van der Waals surface area contributed by atoms with E-state index in [4.69, 9.17) is 0 Å². The molecule has 0 saturated heterocycles. The Labute approximate surface area is 281 Å². The summed E-state index contributed by atoms with van der Waals surface area (Å²) in [6.07, 6.45) is 0.567. The maximum atomic E-state index is 12.6. The summed E-state index contributed by atoms with van der Waals surface area (Å²) in [5.41, 5.74) is 0. The third-order valence-electron chi connectivity index (χ3n) is 5.86. The number of aliphatic carboxylic acids is 2. The Morgan fingerprint density at radius 2 is 0.875 bits per heavy atom. The first-order chi connectivity index (χ1) is 17.5. The number of hydrogen-bond acceptors (Lipinski definition) is 8. The Balaban J connectivity index is -0.00000684. The van der Waals surface area contributed by atoms with E-state index < -0.39 is 59.7 Å². The Morgan fingerprint density at radius 1 is 0.600 bits per heavy atom. The van der Waals surface area contributed by atoms with Crippen molar-refractivity contribution in [3.8, 4) is 0 Å². The van der Waals surface area contributed by atoms with Crippen LogP contribution in [0.1, 0.15) is 81.1 Å². The van der Waals surface area contributed by atoms with Crippen molar-refractivity contribution in [3.63, 3.8) is 0 Å². The van der Waals surface area contributed by atoms with E-state index in [1.54, 1.807) is 55.4 Å². The summed E-state index contributed by atoms with van der Waals surface area (Å²) >= 11 is 0. The van der Waals surface area contributed by atoms with Gasteiger partial charge >= 0.3 is 71.1 Å². The average molecular weight is 587 g/mol. The SMILES string of the molecule is CC(C)[C@H](N=C([O-])CCCCC([O-])=N[C@H](C(=O)N[C@H](C(=O)O)C(C)C)C(C)C)C(=O)N[C@H](C(=O)O)C(C)C.[Na+].[Na+]. The fourth-order valence-electron chi connectivity index (χ4n) is 3.52. The molecule has 14 heteroatoms. The van der Waals surface area contributed by atoms with Gasteiger partial charge in [-0.05, 0) is 61.2 Å². The summed E-state index contributed by atoms with van der Waals surface area (Å²) in [6.45, 7) is 13.4. The smallest absolute Gasteiger partial charge is 0.862 e. The number of amides is 2. The van der Waals surface area contributed by atoms with E-state index in [0.717, 1.165) is 0 Å². The van der Waals surface area contributed by atoms with Crippen LogP contribution < -0.4 is 80.0 Å². The first-order valence-electron chi connectivity index (χ1n) is 13.0. The summed E-state index contributed by atoms with van der Waals surface area (Å²) < 4.78 is 0. The van der Waals surface area contributed by atoms with Crippen LogP contribution in [0, 0.1) is 23.7 Å². The van der Waals surface area contributed by atoms with Crippen LogP contribution >= 0.6 is 0 Å². The number of rotatable bonds is 17. The molecule has 0 unspecified atom stereocenters. The molecule has 0 aromatic heterocycles. The molecule has 0 spiro atoms. The molecule has 0 heterocycles. The van der Waals surface area contributed by atoms with Gasteiger partial charge in [0.05, 0.1) is 0 Å². The van der Waals surface area contributed by atoms with Gasteiger partial charge in [-0.1, -0.05) is 55.4 Å². The Kier molecular flexibility index (Phi) is 23.3. The molecule has 0 aliphatic heterocycles. The molecule has 4 N–H and O–H groups in total. The maximum Gasteiger partial charge on any atom is 1.00 e. The van der Waals surface area contributed by atoms with Gasteiger partial charge in [0, 0.05) is 0 Å². The van der Waals surface area contributed by atoms with Crippen molar-refractivity contribution < 1.29 is 98.7 Å². The van der Waals surface area contributed by atoms with Crippen LogP contribution in [0.3, 0.4) is 0 Å². The summed E-state index contributed by atoms with van der Waals surface area (Å²) in [5, 5.41) is 48.2. The zero-order chi connectivity index (χ0) is 29.7. The minimum atomic E-state index is -1.17. The third kappa shape index (κ3) is 16.3. The second-order valence-electron chi connectivity index (χ2n) is 10.8. The van der Waals surface area contributed by atoms with Crippen LogP contribution in [0.2, 0.25) is 0 Å². The molecule has 40 heavy (non-hydrogen) atoms. The van der Waals surface area contributed by atoms with Gasteiger partial charge in [-0.15, -0.1) is 0 Å². The van der Waals surface area contributed by atoms with Crippen LogP contribution in [-0.4, -0.2) is 69.9 Å². The molecular formula is C26H44N4Na2O8. The Bertz CT molecular complexity index is 809. The largest absolute Gasteiger partial charge is 1.00 e. The molecule has 0 bridgehead atoms. The zero-order valence-corrected chi connectivity index (χ0v) is 29.7. The number of nitrogens with one attached hydrogen (secondary N) is 2. The van der Waals surface area contributed by atoms with Gasteiger partial charge in [-0.2, -0.15) is 0 Å². The van der Waals surface area contributed by atoms with Crippen LogP contribution in [0.15, 0.2) is 9.98 Å². The molecule has 0 aromatic carbocycles. The van der Waals surface area contributed by atoms with E-state index in [1.807, 2.05) is 0 Å². The van der Waals surface area contributed by atoms with E-state index in [2.05, 4.69) is 20.6 Å². The first kappa shape index (κ1) is 43.3. The molecule has 0 fully saturated rings. The number of carbonyl (C=O) groups is 4. The van der Waals surface area contributed by atoms with Crippen molar-refractivity contribution in [2.24, 2.45) is 33.7 Å². The van der Waals surface area contributed by atoms with Crippen LogP contribution in [0.5, 0.6) is 0 Å². The number of nitrogens with zero attached hydrogens (tertiary/aromatic N) is 2. The normalized spacial score (nSPS) is 15.1. The van der Waals surface area contributed by atoms with E-state index >= 15 is 0 Å². The minimum absolute atomic E-state index is 0. The predicted octanol–water partition coefficient (Wildman–Crippen LogP) is -5.43. The van der Waals surface area contributed by atoms with Gasteiger partial charge in [0.2, 0.25) is 11.8 Å². The number of aliphatic imine (C=N–C) groups is 2. The standard InChI is InChI=1S/C26H46N4O8.2Na/c1-13(2)19(23(33)29-21(15(5)6)25(35)36)27-17(31)11-9-10-12-18(32)28-20(14(3)4)24(34)30-22(16(7)8)26(37)38;;/h13-16,19-22H,9-12H2,1-8H3,(H,27,31)(H,28,32)(H,29,33)(H,30,34)(H,35,36)(H,37,38);;/q;2*+1/p-2/t19-,20-,21-,22-;;/m0../s1. The molecule has 12 nitrogen and oxygen atoms in total. The van der Waals surface area contributed by atoms with Gasteiger partial charge in [0.1, 0.15) is 24.2 Å². The zero-order valence-electron chi connectivity index (χ0n) is 25.7.